The summed E-state index contributed by atoms with van der Waals surface area (Å²) in [6, 6.07) is 13.7. The van der Waals surface area contributed by atoms with Crippen LogP contribution in [0.2, 0.25) is 0 Å². The van der Waals surface area contributed by atoms with Crippen molar-refractivity contribution in [3.05, 3.63) is 59.2 Å². The zero-order valence-electron chi connectivity index (χ0n) is 16.6. The Morgan fingerprint density at radius 3 is 2.37 bits per heavy atom. The zero-order chi connectivity index (χ0) is 19.6. The van der Waals surface area contributed by atoms with Crippen molar-refractivity contribution < 1.29 is 14.3 Å². The fraction of sp³-hybridized carbons (Fsp3) is 0.409. The van der Waals surface area contributed by atoms with E-state index in [2.05, 4.69) is 32.9 Å². The molecule has 1 heterocycles. The molecule has 1 saturated heterocycles. The first kappa shape index (κ1) is 19.6. The molecular formula is C22H27NO3S. The van der Waals surface area contributed by atoms with Crippen molar-refractivity contribution in [3.63, 3.8) is 0 Å². The Kier molecular flexibility index (Phi) is 5.70. The van der Waals surface area contributed by atoms with Gasteiger partial charge in [-0.2, -0.15) is 0 Å². The van der Waals surface area contributed by atoms with Gasteiger partial charge in [-0.05, 0) is 41.3 Å². The van der Waals surface area contributed by atoms with Gasteiger partial charge in [0.15, 0.2) is 0 Å². The van der Waals surface area contributed by atoms with Crippen LogP contribution in [0, 0.1) is 0 Å². The van der Waals surface area contributed by atoms with Gasteiger partial charge in [0.25, 0.3) is 5.91 Å². The third kappa shape index (κ3) is 4.08. The summed E-state index contributed by atoms with van der Waals surface area (Å²) in [5, 5.41) is -0.0788. The summed E-state index contributed by atoms with van der Waals surface area (Å²) in [5.41, 5.74) is 2.99. The van der Waals surface area contributed by atoms with E-state index in [-0.39, 0.29) is 16.7 Å². The number of nitrogens with zero attached hydrogens (tertiary/aromatic N) is 1. The molecule has 0 aromatic heterocycles. The Labute approximate surface area is 165 Å². The van der Waals surface area contributed by atoms with Crippen molar-refractivity contribution in [1.82, 2.24) is 4.90 Å². The molecule has 1 amide bonds. The summed E-state index contributed by atoms with van der Waals surface area (Å²) in [6.07, 6.45) is 0. The zero-order valence-corrected chi connectivity index (χ0v) is 17.4. The third-order valence-electron chi connectivity index (χ3n) is 4.85. The van der Waals surface area contributed by atoms with Crippen LogP contribution in [-0.2, 0) is 5.41 Å². The second-order valence-corrected chi connectivity index (χ2v) is 8.85. The highest BCUT2D eigenvalue weighted by molar-refractivity contribution is 7.99. The van der Waals surface area contributed by atoms with Crippen molar-refractivity contribution in [2.45, 2.75) is 31.6 Å². The van der Waals surface area contributed by atoms with Gasteiger partial charge in [0.2, 0.25) is 0 Å². The minimum Gasteiger partial charge on any atom is -0.497 e. The molecule has 0 N–H and O–H groups in total. The molecule has 4 nitrogen and oxygen atoms in total. The van der Waals surface area contributed by atoms with Gasteiger partial charge in [-0.25, -0.2) is 0 Å². The number of hydrogen-bond acceptors (Lipinski definition) is 4. The minimum atomic E-state index is -0.0788. The van der Waals surface area contributed by atoms with Gasteiger partial charge in [0.05, 0.1) is 14.2 Å². The van der Waals surface area contributed by atoms with E-state index in [1.807, 2.05) is 35.2 Å². The highest BCUT2D eigenvalue weighted by Gasteiger charge is 2.33. The lowest BCUT2D eigenvalue weighted by atomic mass is 9.86. The molecule has 0 aliphatic carbocycles. The van der Waals surface area contributed by atoms with Gasteiger partial charge in [-0.15, -0.1) is 11.8 Å². The lowest BCUT2D eigenvalue weighted by molar-refractivity contribution is 0.0759. The number of carbonyl (C=O) groups is 1. The van der Waals surface area contributed by atoms with Crippen LogP contribution in [0.4, 0.5) is 0 Å². The fourth-order valence-corrected chi connectivity index (χ4v) is 4.52. The number of carbonyl (C=O) groups excluding carboxylic acids is 1. The SMILES string of the molecule is COc1ccc(OC)c([C@H]2SCCN2C(=O)c2ccc(C(C)(C)C)cc2)c1. The number of methoxy groups -OCH3 is 2. The van der Waals surface area contributed by atoms with Crippen molar-refractivity contribution in [1.29, 1.82) is 0 Å². The maximum absolute atomic E-state index is 13.2. The van der Waals surface area contributed by atoms with Crippen LogP contribution in [0.3, 0.4) is 0 Å². The highest BCUT2D eigenvalue weighted by Crippen LogP contribution is 2.43. The average molecular weight is 386 g/mol. The predicted molar refractivity (Wildman–Crippen MR) is 111 cm³/mol. The maximum Gasteiger partial charge on any atom is 0.255 e. The summed E-state index contributed by atoms with van der Waals surface area (Å²) in [7, 11) is 3.30. The van der Waals surface area contributed by atoms with Crippen LogP contribution in [0.5, 0.6) is 11.5 Å². The van der Waals surface area contributed by atoms with Crippen LogP contribution in [0.15, 0.2) is 42.5 Å². The number of benzene rings is 2. The number of amides is 1. The quantitative estimate of drug-likeness (QED) is 0.751. The van der Waals surface area contributed by atoms with E-state index in [1.165, 1.54) is 5.56 Å². The molecule has 1 aliphatic rings. The minimum absolute atomic E-state index is 0.0512. The molecule has 1 atom stereocenters. The molecule has 27 heavy (non-hydrogen) atoms. The molecule has 0 spiro atoms. The van der Waals surface area contributed by atoms with Crippen LogP contribution < -0.4 is 9.47 Å². The normalized spacial score (nSPS) is 17.1. The maximum atomic E-state index is 13.2. The lowest BCUT2D eigenvalue weighted by Crippen LogP contribution is -2.30. The van der Waals surface area contributed by atoms with Crippen LogP contribution in [0.25, 0.3) is 0 Å². The van der Waals surface area contributed by atoms with Crippen molar-refractivity contribution in [3.8, 4) is 11.5 Å². The average Bonchev–Trinajstić information content (AvgIpc) is 3.15. The molecule has 0 unspecified atom stereocenters. The van der Waals surface area contributed by atoms with Gasteiger partial charge in [0, 0.05) is 23.4 Å². The summed E-state index contributed by atoms with van der Waals surface area (Å²) in [5.74, 6) is 2.49. The smallest absolute Gasteiger partial charge is 0.255 e. The molecule has 2 aromatic rings. The lowest BCUT2D eigenvalue weighted by Gasteiger charge is -2.26. The van der Waals surface area contributed by atoms with Crippen molar-refractivity contribution in [2.24, 2.45) is 0 Å². The van der Waals surface area contributed by atoms with Crippen LogP contribution >= 0.6 is 11.8 Å². The third-order valence-corrected chi connectivity index (χ3v) is 6.10. The monoisotopic (exact) mass is 385 g/mol. The molecular weight excluding hydrogens is 358 g/mol. The van der Waals surface area contributed by atoms with Crippen LogP contribution in [0.1, 0.15) is 47.6 Å². The van der Waals surface area contributed by atoms with Crippen molar-refractivity contribution in [2.75, 3.05) is 26.5 Å². The number of ether oxygens (including phenoxy) is 2. The molecule has 3 rings (SSSR count). The van der Waals surface area contributed by atoms with Crippen molar-refractivity contribution >= 4 is 17.7 Å². The first-order valence-electron chi connectivity index (χ1n) is 9.10. The van der Waals surface area contributed by atoms with Gasteiger partial charge >= 0.3 is 0 Å². The Morgan fingerprint density at radius 2 is 1.78 bits per heavy atom. The summed E-state index contributed by atoms with van der Waals surface area (Å²) in [6.45, 7) is 7.24. The molecule has 2 aromatic carbocycles. The first-order valence-corrected chi connectivity index (χ1v) is 10.1. The number of hydrogen-bond donors (Lipinski definition) is 0. The first-order chi connectivity index (χ1) is 12.8. The van der Waals surface area contributed by atoms with E-state index >= 15 is 0 Å². The molecule has 1 aliphatic heterocycles. The molecule has 0 saturated carbocycles. The van der Waals surface area contributed by atoms with Crippen LogP contribution in [-0.4, -0.2) is 37.3 Å². The second-order valence-electron chi connectivity index (χ2n) is 7.66. The largest absolute Gasteiger partial charge is 0.497 e. The molecule has 144 valence electrons. The summed E-state index contributed by atoms with van der Waals surface area (Å²) < 4.78 is 10.9. The number of thioether (sulfide) groups is 1. The number of rotatable bonds is 4. The molecule has 0 radical (unpaired) electrons. The summed E-state index contributed by atoms with van der Waals surface area (Å²) in [4.78, 5) is 15.1. The highest BCUT2D eigenvalue weighted by atomic mass is 32.2. The predicted octanol–water partition coefficient (Wildman–Crippen LogP) is 4.89. The Hall–Kier alpha value is -2.14. The van der Waals surface area contributed by atoms with Gasteiger partial charge in [-0.3, -0.25) is 4.79 Å². The fourth-order valence-electron chi connectivity index (χ4n) is 3.25. The van der Waals surface area contributed by atoms with E-state index in [4.69, 9.17) is 9.47 Å². The topological polar surface area (TPSA) is 38.8 Å². The Morgan fingerprint density at radius 1 is 1.07 bits per heavy atom. The molecule has 0 bridgehead atoms. The van der Waals surface area contributed by atoms with E-state index in [1.54, 1.807) is 26.0 Å². The van der Waals surface area contributed by atoms with Gasteiger partial charge in [0.1, 0.15) is 16.9 Å². The standard InChI is InChI=1S/C22H27NO3S/c1-22(2,3)16-8-6-15(7-9-16)20(24)23-12-13-27-21(23)18-14-17(25-4)10-11-19(18)26-5/h6-11,14,21H,12-13H2,1-5H3/t21-/m1/s1. The molecule has 5 heteroatoms. The Bertz CT molecular complexity index is 811. The summed E-state index contributed by atoms with van der Waals surface area (Å²) >= 11 is 1.75. The second kappa shape index (κ2) is 7.85. The van der Waals surface area contributed by atoms with E-state index in [0.29, 0.717) is 0 Å². The molecule has 1 fully saturated rings. The Balaban J connectivity index is 1.89. The van der Waals surface area contributed by atoms with E-state index < -0.39 is 0 Å². The van der Waals surface area contributed by atoms with Gasteiger partial charge < -0.3 is 14.4 Å². The van der Waals surface area contributed by atoms with E-state index in [0.717, 1.165) is 34.9 Å². The van der Waals surface area contributed by atoms with E-state index in [9.17, 15) is 4.79 Å². The van der Waals surface area contributed by atoms with Gasteiger partial charge in [-0.1, -0.05) is 32.9 Å².